The summed E-state index contributed by atoms with van der Waals surface area (Å²) in [6, 6.07) is 8.04. The molecule has 0 saturated carbocycles. The molecule has 170 valence electrons. The molecular formula is C23H19Cl2N3O5. The maximum absolute atomic E-state index is 13.1. The van der Waals surface area contributed by atoms with Gasteiger partial charge in [-0.25, -0.2) is 9.78 Å². The smallest absolute Gasteiger partial charge is 0.339 e. The van der Waals surface area contributed by atoms with E-state index in [-0.39, 0.29) is 11.3 Å². The number of hydrogen-bond donors (Lipinski definition) is 1. The Morgan fingerprint density at radius 2 is 1.88 bits per heavy atom. The Bertz CT molecular complexity index is 1390. The normalized spacial score (nSPS) is 12.1. The van der Waals surface area contributed by atoms with Crippen molar-refractivity contribution in [3.8, 4) is 11.3 Å². The van der Waals surface area contributed by atoms with E-state index in [9.17, 15) is 9.59 Å². The SMILES string of the molecule is Cc1cc(-c2cc(C(=O)OC(C)C(=O)Nc3cc(Cl)ccc3Cl)c3c(C)noc3n2)c(C)o1. The molecule has 0 saturated heterocycles. The van der Waals surface area contributed by atoms with Crippen molar-refractivity contribution in [2.45, 2.75) is 33.8 Å². The van der Waals surface area contributed by atoms with Gasteiger partial charge < -0.3 is 19.0 Å². The Morgan fingerprint density at radius 3 is 2.58 bits per heavy atom. The Balaban J connectivity index is 1.63. The molecule has 1 unspecified atom stereocenters. The summed E-state index contributed by atoms with van der Waals surface area (Å²) in [5, 5.41) is 7.64. The van der Waals surface area contributed by atoms with E-state index in [2.05, 4.69) is 15.5 Å². The first-order chi connectivity index (χ1) is 15.6. The van der Waals surface area contributed by atoms with Crippen LogP contribution in [-0.2, 0) is 9.53 Å². The van der Waals surface area contributed by atoms with E-state index in [1.165, 1.54) is 13.0 Å². The topological polar surface area (TPSA) is 107 Å². The molecular weight excluding hydrogens is 469 g/mol. The fraction of sp³-hybridized carbons (Fsp3) is 0.217. The van der Waals surface area contributed by atoms with Crippen molar-refractivity contribution in [2.24, 2.45) is 0 Å². The van der Waals surface area contributed by atoms with Gasteiger partial charge in [-0.3, -0.25) is 4.79 Å². The van der Waals surface area contributed by atoms with Crippen LogP contribution < -0.4 is 5.32 Å². The van der Waals surface area contributed by atoms with Crippen LogP contribution in [0.1, 0.15) is 34.5 Å². The molecule has 0 bridgehead atoms. The van der Waals surface area contributed by atoms with Gasteiger partial charge in [0.25, 0.3) is 11.6 Å². The fourth-order valence-corrected chi connectivity index (χ4v) is 3.72. The highest BCUT2D eigenvalue weighted by molar-refractivity contribution is 6.35. The average molecular weight is 488 g/mol. The lowest BCUT2D eigenvalue weighted by atomic mass is 10.1. The van der Waals surface area contributed by atoms with E-state index in [1.54, 1.807) is 32.0 Å². The van der Waals surface area contributed by atoms with Crippen LogP contribution in [0.25, 0.3) is 22.4 Å². The van der Waals surface area contributed by atoms with Crippen LogP contribution in [-0.4, -0.2) is 28.1 Å². The van der Waals surface area contributed by atoms with Crippen molar-refractivity contribution < 1.29 is 23.3 Å². The highest BCUT2D eigenvalue weighted by Crippen LogP contribution is 2.31. The van der Waals surface area contributed by atoms with Crippen LogP contribution in [0.5, 0.6) is 0 Å². The zero-order chi connectivity index (χ0) is 23.9. The number of nitrogens with zero attached hydrogens (tertiary/aromatic N) is 2. The predicted molar refractivity (Wildman–Crippen MR) is 124 cm³/mol. The van der Waals surface area contributed by atoms with Crippen LogP contribution in [0, 0.1) is 20.8 Å². The summed E-state index contributed by atoms with van der Waals surface area (Å²) in [5.41, 5.74) is 2.30. The number of esters is 1. The number of nitrogens with one attached hydrogen (secondary N) is 1. The first-order valence-electron chi connectivity index (χ1n) is 9.95. The number of pyridine rings is 1. The molecule has 1 amide bonds. The predicted octanol–water partition coefficient (Wildman–Crippen LogP) is 5.90. The summed E-state index contributed by atoms with van der Waals surface area (Å²) < 4.78 is 16.3. The molecule has 8 nitrogen and oxygen atoms in total. The zero-order valence-corrected chi connectivity index (χ0v) is 19.7. The molecule has 0 fully saturated rings. The Labute approximate surface area is 198 Å². The molecule has 0 radical (unpaired) electrons. The Kier molecular flexibility index (Phi) is 6.14. The van der Waals surface area contributed by atoms with Gasteiger partial charge in [-0.05, 0) is 58.0 Å². The fourth-order valence-electron chi connectivity index (χ4n) is 3.38. The van der Waals surface area contributed by atoms with Crippen LogP contribution in [0.2, 0.25) is 10.0 Å². The standard InChI is InChI=1S/C23H19Cl2N3O5/c1-10-7-15(12(3)31-10)18-9-16(20-11(2)28-33-22(20)27-18)23(30)32-13(4)21(29)26-19-8-14(24)5-6-17(19)25/h5-9,13H,1-4H3,(H,26,29). The van der Waals surface area contributed by atoms with Crippen molar-refractivity contribution in [3.05, 3.63) is 63.2 Å². The van der Waals surface area contributed by atoms with E-state index in [1.807, 2.05) is 13.0 Å². The number of anilines is 1. The van der Waals surface area contributed by atoms with Crippen LogP contribution in [0.4, 0.5) is 5.69 Å². The van der Waals surface area contributed by atoms with Gasteiger partial charge in [0.1, 0.15) is 11.5 Å². The van der Waals surface area contributed by atoms with Crippen molar-refractivity contribution in [1.82, 2.24) is 10.1 Å². The average Bonchev–Trinajstić information content (AvgIpc) is 3.31. The molecule has 1 atom stereocenters. The van der Waals surface area contributed by atoms with E-state index in [4.69, 9.17) is 36.9 Å². The number of halogens is 2. The summed E-state index contributed by atoms with van der Waals surface area (Å²) in [6.07, 6.45) is -1.13. The van der Waals surface area contributed by atoms with Gasteiger partial charge >= 0.3 is 5.97 Å². The molecule has 1 N–H and O–H groups in total. The van der Waals surface area contributed by atoms with Crippen molar-refractivity contribution in [2.75, 3.05) is 5.32 Å². The van der Waals surface area contributed by atoms with E-state index >= 15 is 0 Å². The van der Waals surface area contributed by atoms with Crippen molar-refractivity contribution in [3.63, 3.8) is 0 Å². The second kappa shape index (κ2) is 8.88. The first-order valence-corrected chi connectivity index (χ1v) is 10.7. The molecule has 4 rings (SSSR count). The van der Waals surface area contributed by atoms with Gasteiger partial charge in [0.15, 0.2) is 6.10 Å². The van der Waals surface area contributed by atoms with Gasteiger partial charge in [0.2, 0.25) is 0 Å². The third-order valence-corrected chi connectivity index (χ3v) is 5.56. The van der Waals surface area contributed by atoms with Gasteiger partial charge in [-0.2, -0.15) is 0 Å². The molecule has 3 heterocycles. The van der Waals surface area contributed by atoms with Gasteiger partial charge in [0.05, 0.1) is 33.0 Å². The lowest BCUT2D eigenvalue weighted by Crippen LogP contribution is -2.30. The second-order valence-corrected chi connectivity index (χ2v) is 8.33. The molecule has 0 aliphatic heterocycles. The van der Waals surface area contributed by atoms with Crippen LogP contribution in [0.3, 0.4) is 0 Å². The molecule has 0 spiro atoms. The quantitative estimate of drug-likeness (QED) is 0.349. The molecule has 33 heavy (non-hydrogen) atoms. The number of ether oxygens (including phenoxy) is 1. The number of amides is 1. The van der Waals surface area contributed by atoms with Gasteiger partial charge in [-0.15, -0.1) is 0 Å². The first kappa shape index (κ1) is 22.8. The van der Waals surface area contributed by atoms with Crippen LogP contribution in [0.15, 0.2) is 39.3 Å². The molecule has 0 aliphatic rings. The monoisotopic (exact) mass is 487 g/mol. The zero-order valence-electron chi connectivity index (χ0n) is 18.2. The number of hydrogen-bond acceptors (Lipinski definition) is 7. The minimum atomic E-state index is -1.13. The third kappa shape index (κ3) is 4.58. The molecule has 4 aromatic rings. The summed E-state index contributed by atoms with van der Waals surface area (Å²) in [4.78, 5) is 30.2. The van der Waals surface area contributed by atoms with Crippen molar-refractivity contribution in [1.29, 1.82) is 0 Å². The number of carbonyl (C=O) groups excluding carboxylic acids is 2. The number of rotatable bonds is 5. The molecule has 10 heteroatoms. The number of aromatic nitrogens is 2. The Morgan fingerprint density at radius 1 is 1.12 bits per heavy atom. The molecule has 1 aromatic carbocycles. The summed E-state index contributed by atoms with van der Waals surface area (Å²) >= 11 is 12.1. The minimum absolute atomic E-state index is 0.174. The maximum Gasteiger partial charge on any atom is 0.339 e. The summed E-state index contributed by atoms with van der Waals surface area (Å²) in [6.45, 7) is 6.75. The van der Waals surface area contributed by atoms with Gasteiger partial charge in [-0.1, -0.05) is 28.4 Å². The lowest BCUT2D eigenvalue weighted by molar-refractivity contribution is -0.123. The number of fused-ring (bicyclic) bond motifs is 1. The minimum Gasteiger partial charge on any atom is -0.466 e. The lowest BCUT2D eigenvalue weighted by Gasteiger charge is -2.15. The number of furan rings is 1. The number of aryl methyl sites for hydroxylation is 3. The van der Waals surface area contributed by atoms with E-state index < -0.39 is 18.0 Å². The molecule has 3 aromatic heterocycles. The third-order valence-electron chi connectivity index (χ3n) is 4.99. The van der Waals surface area contributed by atoms with E-state index in [0.717, 1.165) is 0 Å². The van der Waals surface area contributed by atoms with Crippen LogP contribution >= 0.6 is 23.2 Å². The van der Waals surface area contributed by atoms with Gasteiger partial charge in [0, 0.05) is 10.6 Å². The van der Waals surface area contributed by atoms with Crippen molar-refractivity contribution >= 4 is 51.9 Å². The second-order valence-electron chi connectivity index (χ2n) is 7.49. The summed E-state index contributed by atoms with van der Waals surface area (Å²) in [5.74, 6) is 0.0438. The Hall–Kier alpha value is -3.36. The largest absolute Gasteiger partial charge is 0.466 e. The number of carbonyl (C=O) groups is 2. The summed E-state index contributed by atoms with van der Waals surface area (Å²) in [7, 11) is 0. The molecule has 0 aliphatic carbocycles. The maximum atomic E-state index is 13.1. The highest BCUT2D eigenvalue weighted by Gasteiger charge is 2.25. The number of benzene rings is 1. The van der Waals surface area contributed by atoms with E-state index in [0.29, 0.717) is 49.6 Å². The highest BCUT2D eigenvalue weighted by atomic mass is 35.5.